The van der Waals surface area contributed by atoms with Crippen molar-refractivity contribution in [2.45, 2.75) is 6.61 Å². The normalized spacial score (nSPS) is 11.7. The highest BCUT2D eigenvalue weighted by atomic mass is 35.5. The third-order valence-electron chi connectivity index (χ3n) is 2.01. The van der Waals surface area contributed by atoms with Gasteiger partial charge in [-0.15, -0.1) is 5.10 Å². The number of rotatable bonds is 4. The van der Waals surface area contributed by atoms with Crippen LogP contribution in [0.5, 0.6) is 0 Å². The number of benzene rings is 1. The van der Waals surface area contributed by atoms with Gasteiger partial charge in [0.05, 0.1) is 11.9 Å². The van der Waals surface area contributed by atoms with Crippen LogP contribution >= 0.6 is 11.6 Å². The summed E-state index contributed by atoms with van der Waals surface area (Å²) in [6, 6.07) is 7.06. The summed E-state index contributed by atoms with van der Waals surface area (Å²) < 4.78 is 27.7. The smallest absolute Gasteiger partial charge is 0.262 e. The number of halogens is 1. The summed E-state index contributed by atoms with van der Waals surface area (Å²) >= 11 is 5.86. The van der Waals surface area contributed by atoms with E-state index in [0.29, 0.717) is 5.02 Å². The van der Waals surface area contributed by atoms with Crippen LogP contribution in [0.2, 0.25) is 5.02 Å². The summed E-state index contributed by atoms with van der Waals surface area (Å²) in [6.45, 7) is -0.188. The molecule has 8 heteroatoms. The second kappa shape index (κ2) is 5.05. The Bertz CT molecular complexity index is 654. The van der Waals surface area contributed by atoms with E-state index in [-0.39, 0.29) is 12.4 Å². The molecule has 1 heterocycles. The van der Waals surface area contributed by atoms with Crippen LogP contribution in [-0.4, -0.2) is 29.4 Å². The highest BCUT2D eigenvalue weighted by Gasteiger charge is 2.07. The maximum absolute atomic E-state index is 10.8. The van der Waals surface area contributed by atoms with E-state index in [1.54, 1.807) is 18.2 Å². The molecule has 0 aliphatic carbocycles. The third-order valence-corrected chi connectivity index (χ3v) is 2.80. The van der Waals surface area contributed by atoms with Crippen LogP contribution in [0, 0.1) is 0 Å². The predicted molar refractivity (Wildman–Crippen MR) is 66.0 cm³/mol. The lowest BCUT2D eigenvalue weighted by molar-refractivity contribution is 0.302. The van der Waals surface area contributed by atoms with Crippen molar-refractivity contribution in [1.29, 1.82) is 0 Å². The molecule has 0 aliphatic heterocycles. The second-order valence-corrected chi connectivity index (χ2v) is 5.63. The molecule has 6 nitrogen and oxygen atoms in total. The maximum atomic E-state index is 10.8. The first-order valence-corrected chi connectivity index (χ1v) is 7.14. The minimum absolute atomic E-state index is 0.188. The Balaban J connectivity index is 2.16. The zero-order valence-electron chi connectivity index (χ0n) is 9.45. The van der Waals surface area contributed by atoms with E-state index < -0.39 is 10.1 Å². The van der Waals surface area contributed by atoms with E-state index in [0.717, 1.165) is 11.9 Å². The Morgan fingerprint density at radius 1 is 1.44 bits per heavy atom. The van der Waals surface area contributed by atoms with Gasteiger partial charge in [-0.3, -0.25) is 4.18 Å². The Kier molecular flexibility index (Phi) is 3.65. The van der Waals surface area contributed by atoms with Gasteiger partial charge < -0.3 is 0 Å². The first kappa shape index (κ1) is 13.0. The van der Waals surface area contributed by atoms with Gasteiger partial charge in [-0.2, -0.15) is 8.42 Å². The Morgan fingerprint density at radius 3 is 2.89 bits per heavy atom. The number of aromatic nitrogens is 3. The van der Waals surface area contributed by atoms with Crippen molar-refractivity contribution in [3.63, 3.8) is 0 Å². The number of nitrogens with zero attached hydrogens (tertiary/aromatic N) is 3. The summed E-state index contributed by atoms with van der Waals surface area (Å²) in [5.41, 5.74) is 0.737. The molecule has 0 atom stereocenters. The van der Waals surface area contributed by atoms with E-state index in [2.05, 4.69) is 14.3 Å². The fourth-order valence-corrected chi connectivity index (χ4v) is 1.77. The van der Waals surface area contributed by atoms with Gasteiger partial charge in [0.25, 0.3) is 10.1 Å². The van der Waals surface area contributed by atoms with Crippen LogP contribution in [0.4, 0.5) is 0 Å². The first-order valence-electron chi connectivity index (χ1n) is 4.95. The van der Waals surface area contributed by atoms with Crippen molar-refractivity contribution >= 4 is 21.7 Å². The second-order valence-electron chi connectivity index (χ2n) is 3.55. The van der Waals surface area contributed by atoms with Crippen LogP contribution in [0.25, 0.3) is 5.69 Å². The van der Waals surface area contributed by atoms with E-state index in [9.17, 15) is 8.42 Å². The van der Waals surface area contributed by atoms with Gasteiger partial charge in [-0.05, 0) is 18.2 Å². The first-order chi connectivity index (χ1) is 8.44. The van der Waals surface area contributed by atoms with E-state index in [4.69, 9.17) is 11.6 Å². The lowest BCUT2D eigenvalue weighted by Crippen LogP contribution is -2.04. The minimum atomic E-state index is -3.49. The minimum Gasteiger partial charge on any atom is -0.262 e. The lowest BCUT2D eigenvalue weighted by atomic mass is 10.3. The van der Waals surface area contributed by atoms with Crippen LogP contribution in [0.15, 0.2) is 30.6 Å². The van der Waals surface area contributed by atoms with Crippen LogP contribution in [-0.2, 0) is 20.9 Å². The van der Waals surface area contributed by atoms with Crippen molar-refractivity contribution in [3.05, 3.63) is 41.4 Å². The molecule has 0 spiro atoms. The van der Waals surface area contributed by atoms with Crippen molar-refractivity contribution in [2.75, 3.05) is 6.26 Å². The molecule has 1 aromatic carbocycles. The average molecular weight is 288 g/mol. The molecule has 2 rings (SSSR count). The quantitative estimate of drug-likeness (QED) is 0.795. The molecule has 1 aromatic heterocycles. The van der Waals surface area contributed by atoms with Gasteiger partial charge in [0, 0.05) is 5.02 Å². The fourth-order valence-electron chi connectivity index (χ4n) is 1.27. The van der Waals surface area contributed by atoms with E-state index >= 15 is 0 Å². The highest BCUT2D eigenvalue weighted by molar-refractivity contribution is 7.85. The van der Waals surface area contributed by atoms with Crippen LogP contribution in [0.1, 0.15) is 5.82 Å². The number of hydrogen-bond acceptors (Lipinski definition) is 5. The molecule has 0 radical (unpaired) electrons. The molecule has 0 bridgehead atoms. The largest absolute Gasteiger partial charge is 0.264 e. The molecule has 2 aromatic rings. The Morgan fingerprint density at radius 2 is 2.22 bits per heavy atom. The molecule has 0 unspecified atom stereocenters. The van der Waals surface area contributed by atoms with Gasteiger partial charge in [0.1, 0.15) is 12.9 Å². The van der Waals surface area contributed by atoms with Crippen LogP contribution in [0.3, 0.4) is 0 Å². The molecule has 0 N–H and O–H groups in total. The summed E-state index contributed by atoms with van der Waals surface area (Å²) in [6.07, 6.45) is 2.44. The van der Waals surface area contributed by atoms with Crippen molar-refractivity contribution in [1.82, 2.24) is 14.8 Å². The third kappa shape index (κ3) is 3.52. The van der Waals surface area contributed by atoms with Crippen molar-refractivity contribution in [2.24, 2.45) is 0 Å². The summed E-state index contributed by atoms with van der Waals surface area (Å²) in [4.78, 5) is 3.94. The molecule has 18 heavy (non-hydrogen) atoms. The molecule has 0 amide bonds. The molecule has 0 saturated carbocycles. The van der Waals surface area contributed by atoms with Crippen LogP contribution < -0.4 is 0 Å². The van der Waals surface area contributed by atoms with Gasteiger partial charge in [-0.1, -0.05) is 17.7 Å². The maximum Gasteiger partial charge on any atom is 0.264 e. The Labute approximate surface area is 109 Å². The summed E-state index contributed by atoms with van der Waals surface area (Å²) in [7, 11) is -3.49. The van der Waals surface area contributed by atoms with Crippen molar-refractivity contribution < 1.29 is 12.6 Å². The van der Waals surface area contributed by atoms with E-state index in [1.165, 1.54) is 11.0 Å². The monoisotopic (exact) mass is 287 g/mol. The summed E-state index contributed by atoms with van der Waals surface area (Å²) in [5, 5.41) is 4.66. The van der Waals surface area contributed by atoms with Gasteiger partial charge in [-0.25, -0.2) is 9.67 Å². The average Bonchev–Trinajstić information content (AvgIpc) is 2.74. The summed E-state index contributed by atoms with van der Waals surface area (Å²) in [5.74, 6) is 0.278. The Hall–Kier alpha value is -1.44. The van der Waals surface area contributed by atoms with Gasteiger partial charge in [0.15, 0.2) is 5.82 Å². The molecule has 96 valence electrons. The fraction of sp³-hybridized carbons (Fsp3) is 0.200. The lowest BCUT2D eigenvalue weighted by Gasteiger charge is -2.00. The SMILES string of the molecule is CS(=O)(=O)OCc1ncn(-c2cccc(Cl)c2)n1. The number of hydrogen-bond donors (Lipinski definition) is 0. The molecular formula is C10H10ClN3O3S. The topological polar surface area (TPSA) is 74.1 Å². The molecule has 0 aliphatic rings. The standard InChI is InChI=1S/C10H10ClN3O3S/c1-18(15,16)17-6-10-12-7-14(13-10)9-4-2-3-8(11)5-9/h2-5,7H,6H2,1H3. The molecule has 0 fully saturated rings. The molecule has 0 saturated heterocycles. The van der Waals surface area contributed by atoms with E-state index in [1.807, 2.05) is 6.07 Å². The zero-order chi connectivity index (χ0) is 13.2. The molecular weight excluding hydrogens is 278 g/mol. The highest BCUT2D eigenvalue weighted by Crippen LogP contribution is 2.13. The van der Waals surface area contributed by atoms with Crippen molar-refractivity contribution in [3.8, 4) is 5.69 Å². The zero-order valence-corrected chi connectivity index (χ0v) is 11.0. The van der Waals surface area contributed by atoms with Gasteiger partial charge in [0.2, 0.25) is 0 Å². The predicted octanol–water partition coefficient (Wildman–Crippen LogP) is 1.40. The van der Waals surface area contributed by atoms with Gasteiger partial charge >= 0.3 is 0 Å².